The average Bonchev–Trinajstić information content (AvgIpc) is 3.28. The summed E-state index contributed by atoms with van der Waals surface area (Å²) in [5.74, 6) is 1.48. The Hall–Kier alpha value is -3.13. The van der Waals surface area contributed by atoms with Crippen LogP contribution in [0, 0.1) is 0 Å². The molecule has 0 bridgehead atoms. The molecule has 0 saturated carbocycles. The Bertz CT molecular complexity index is 1350. The molecule has 3 N–H and O–H groups in total. The molecule has 0 aliphatic rings. The molecule has 3 aromatic heterocycles. The number of anilines is 1. The lowest BCUT2D eigenvalue weighted by Gasteiger charge is -2.15. The molecule has 0 amide bonds. The van der Waals surface area contributed by atoms with Crippen LogP contribution in [-0.2, 0) is 6.42 Å². The summed E-state index contributed by atoms with van der Waals surface area (Å²) in [5, 5.41) is 5.65. The predicted molar refractivity (Wildman–Crippen MR) is 140 cm³/mol. The third kappa shape index (κ3) is 4.95. The average molecular weight is 516 g/mol. The van der Waals surface area contributed by atoms with E-state index in [2.05, 4.69) is 55.9 Å². The zero-order valence-corrected chi connectivity index (χ0v) is 20.2. The second kappa shape index (κ2) is 9.79. The standard InChI is InChI=1S/C26H22BrN5S/c27-20-8-6-18(7-9-20)22-16-33-24-23(22)31-25(19-10-12-29-13-11-19)32-26(24)30-15-21(28)14-17-4-2-1-3-5-17/h1-13,16,21H,14-15,28H2,(H,30,31,32). The summed E-state index contributed by atoms with van der Waals surface area (Å²) in [6.07, 6.45) is 4.32. The van der Waals surface area contributed by atoms with Gasteiger partial charge in [-0.05, 0) is 41.8 Å². The number of halogens is 1. The maximum absolute atomic E-state index is 6.44. The van der Waals surface area contributed by atoms with Crippen LogP contribution in [0.1, 0.15) is 5.56 Å². The summed E-state index contributed by atoms with van der Waals surface area (Å²) in [7, 11) is 0. The van der Waals surface area contributed by atoms with Crippen LogP contribution in [0.2, 0.25) is 0 Å². The van der Waals surface area contributed by atoms with Crippen LogP contribution in [0.3, 0.4) is 0 Å². The third-order valence-corrected chi connectivity index (χ3v) is 6.89. The SMILES string of the molecule is NC(CNc1nc(-c2ccncc2)nc2c(-c3ccc(Br)cc3)csc12)Cc1ccccc1. The number of aromatic nitrogens is 3. The predicted octanol–water partition coefficient (Wildman–Crippen LogP) is 6.16. The molecule has 0 aliphatic heterocycles. The summed E-state index contributed by atoms with van der Waals surface area (Å²) >= 11 is 5.17. The number of fused-ring (bicyclic) bond motifs is 1. The zero-order chi connectivity index (χ0) is 22.6. The van der Waals surface area contributed by atoms with Gasteiger partial charge in [-0.15, -0.1) is 11.3 Å². The van der Waals surface area contributed by atoms with Gasteiger partial charge in [0.15, 0.2) is 5.82 Å². The number of thiophene rings is 1. The van der Waals surface area contributed by atoms with Crippen molar-refractivity contribution in [3.05, 3.63) is 94.5 Å². The normalized spacial score (nSPS) is 12.1. The molecule has 2 aromatic carbocycles. The van der Waals surface area contributed by atoms with Crippen molar-refractivity contribution in [2.75, 3.05) is 11.9 Å². The molecular formula is C26H22BrN5S. The van der Waals surface area contributed by atoms with Crippen molar-refractivity contribution >= 4 is 43.3 Å². The quantitative estimate of drug-likeness (QED) is 0.271. The minimum atomic E-state index is -0.0345. The highest BCUT2D eigenvalue weighted by molar-refractivity contribution is 9.10. The number of pyridine rings is 1. The van der Waals surface area contributed by atoms with Crippen LogP contribution in [0.4, 0.5) is 5.82 Å². The Labute approximate surface area is 204 Å². The molecule has 5 rings (SSSR count). The summed E-state index contributed by atoms with van der Waals surface area (Å²) in [5.41, 5.74) is 11.7. The highest BCUT2D eigenvalue weighted by Gasteiger charge is 2.16. The minimum Gasteiger partial charge on any atom is -0.367 e. The fraction of sp³-hybridized carbons (Fsp3) is 0.115. The van der Waals surface area contributed by atoms with E-state index in [1.807, 2.05) is 42.5 Å². The number of benzene rings is 2. The van der Waals surface area contributed by atoms with E-state index in [4.69, 9.17) is 15.7 Å². The van der Waals surface area contributed by atoms with Crippen LogP contribution in [0.5, 0.6) is 0 Å². The lowest BCUT2D eigenvalue weighted by atomic mass is 10.1. The van der Waals surface area contributed by atoms with E-state index in [0.29, 0.717) is 12.4 Å². The zero-order valence-electron chi connectivity index (χ0n) is 17.8. The van der Waals surface area contributed by atoms with Crippen molar-refractivity contribution in [1.82, 2.24) is 15.0 Å². The fourth-order valence-corrected chi connectivity index (χ4v) is 4.96. The molecule has 0 fully saturated rings. The second-order valence-corrected chi connectivity index (χ2v) is 9.59. The number of nitrogens with two attached hydrogens (primary N) is 1. The molecule has 0 aliphatic carbocycles. The largest absolute Gasteiger partial charge is 0.367 e. The molecule has 33 heavy (non-hydrogen) atoms. The molecule has 7 heteroatoms. The third-order valence-electron chi connectivity index (χ3n) is 5.38. The number of rotatable bonds is 7. The highest BCUT2D eigenvalue weighted by Crippen LogP contribution is 2.37. The molecule has 0 saturated heterocycles. The Balaban J connectivity index is 1.50. The van der Waals surface area contributed by atoms with Crippen molar-refractivity contribution in [2.45, 2.75) is 12.5 Å². The molecule has 1 unspecified atom stereocenters. The number of nitrogens with zero attached hydrogens (tertiary/aromatic N) is 3. The van der Waals surface area contributed by atoms with E-state index in [1.165, 1.54) is 5.56 Å². The van der Waals surface area contributed by atoms with Crippen molar-refractivity contribution in [1.29, 1.82) is 0 Å². The summed E-state index contributed by atoms with van der Waals surface area (Å²) in [6.45, 7) is 0.613. The van der Waals surface area contributed by atoms with Crippen molar-refractivity contribution in [3.63, 3.8) is 0 Å². The molecule has 5 aromatic rings. The number of nitrogens with one attached hydrogen (secondary N) is 1. The lowest BCUT2D eigenvalue weighted by Crippen LogP contribution is -2.31. The van der Waals surface area contributed by atoms with Gasteiger partial charge in [-0.1, -0.05) is 58.4 Å². The van der Waals surface area contributed by atoms with E-state index >= 15 is 0 Å². The number of hydrogen-bond donors (Lipinski definition) is 2. The van der Waals surface area contributed by atoms with Crippen LogP contribution < -0.4 is 11.1 Å². The van der Waals surface area contributed by atoms with Crippen LogP contribution in [0.15, 0.2) is 89.0 Å². The maximum atomic E-state index is 6.44. The molecule has 164 valence electrons. The topological polar surface area (TPSA) is 76.7 Å². The van der Waals surface area contributed by atoms with Crippen molar-refractivity contribution < 1.29 is 0 Å². The molecule has 0 spiro atoms. The Morgan fingerprint density at radius 1 is 0.909 bits per heavy atom. The molecule has 0 radical (unpaired) electrons. The highest BCUT2D eigenvalue weighted by atomic mass is 79.9. The molecular weight excluding hydrogens is 494 g/mol. The van der Waals surface area contributed by atoms with E-state index in [0.717, 1.165) is 43.6 Å². The molecule has 5 nitrogen and oxygen atoms in total. The lowest BCUT2D eigenvalue weighted by molar-refractivity contribution is 0.698. The maximum Gasteiger partial charge on any atom is 0.162 e. The Kier molecular flexibility index (Phi) is 6.44. The Morgan fingerprint density at radius 2 is 1.67 bits per heavy atom. The van der Waals surface area contributed by atoms with Gasteiger partial charge in [-0.3, -0.25) is 4.98 Å². The van der Waals surface area contributed by atoms with E-state index in [-0.39, 0.29) is 6.04 Å². The summed E-state index contributed by atoms with van der Waals surface area (Å²) in [6, 6.07) is 22.4. The summed E-state index contributed by atoms with van der Waals surface area (Å²) in [4.78, 5) is 13.9. The van der Waals surface area contributed by atoms with Gasteiger partial charge in [0.25, 0.3) is 0 Å². The molecule has 1 atom stereocenters. The monoisotopic (exact) mass is 515 g/mol. The fourth-order valence-electron chi connectivity index (χ4n) is 3.72. The van der Waals surface area contributed by atoms with Gasteiger partial charge in [-0.25, -0.2) is 9.97 Å². The summed E-state index contributed by atoms with van der Waals surface area (Å²) < 4.78 is 2.07. The Morgan fingerprint density at radius 3 is 2.42 bits per heavy atom. The number of hydrogen-bond acceptors (Lipinski definition) is 6. The van der Waals surface area contributed by atoms with E-state index in [9.17, 15) is 0 Å². The van der Waals surface area contributed by atoms with Gasteiger partial charge in [-0.2, -0.15) is 0 Å². The van der Waals surface area contributed by atoms with Crippen molar-refractivity contribution in [2.24, 2.45) is 5.73 Å². The minimum absolute atomic E-state index is 0.0345. The van der Waals surface area contributed by atoms with Crippen molar-refractivity contribution in [3.8, 4) is 22.5 Å². The van der Waals surface area contributed by atoms with Crippen LogP contribution in [0.25, 0.3) is 32.7 Å². The first-order valence-corrected chi connectivity index (χ1v) is 12.3. The first kappa shape index (κ1) is 21.7. The van der Waals surface area contributed by atoms with Crippen LogP contribution >= 0.6 is 27.3 Å². The van der Waals surface area contributed by atoms with Gasteiger partial charge < -0.3 is 11.1 Å². The molecule has 3 heterocycles. The first-order valence-electron chi connectivity index (χ1n) is 10.7. The van der Waals surface area contributed by atoms with Gasteiger partial charge in [0.1, 0.15) is 5.82 Å². The second-order valence-electron chi connectivity index (χ2n) is 7.80. The van der Waals surface area contributed by atoms with E-state index in [1.54, 1.807) is 23.7 Å². The van der Waals surface area contributed by atoms with E-state index < -0.39 is 0 Å². The van der Waals surface area contributed by atoms with Gasteiger partial charge in [0, 0.05) is 46.0 Å². The van der Waals surface area contributed by atoms with Gasteiger partial charge in [0.2, 0.25) is 0 Å². The smallest absolute Gasteiger partial charge is 0.162 e. The van der Waals surface area contributed by atoms with Gasteiger partial charge >= 0.3 is 0 Å². The van der Waals surface area contributed by atoms with Crippen LogP contribution in [-0.4, -0.2) is 27.5 Å². The van der Waals surface area contributed by atoms with Gasteiger partial charge in [0.05, 0.1) is 10.2 Å². The first-order chi connectivity index (χ1) is 16.2.